The molecule has 112 valence electrons. The van der Waals surface area contributed by atoms with Crippen LogP contribution in [0.1, 0.15) is 25.5 Å². The summed E-state index contributed by atoms with van der Waals surface area (Å²) in [6, 6.07) is 0.177. The Labute approximate surface area is 117 Å². The number of hydrogen-bond donors (Lipinski definition) is 2. The Bertz CT molecular complexity index is 500. The molecule has 0 saturated carbocycles. The highest BCUT2D eigenvalue weighted by molar-refractivity contribution is 4.74. The summed E-state index contributed by atoms with van der Waals surface area (Å²) in [7, 11) is 0. The third kappa shape index (κ3) is 5.80. The van der Waals surface area contributed by atoms with Gasteiger partial charge in [-0.15, -0.1) is 15.3 Å². The van der Waals surface area contributed by atoms with E-state index in [2.05, 4.69) is 30.9 Å². The first kappa shape index (κ1) is 16.1. The van der Waals surface area contributed by atoms with E-state index in [4.69, 9.17) is 11.5 Å². The van der Waals surface area contributed by atoms with Crippen molar-refractivity contribution in [2.45, 2.75) is 52.9 Å². The molecule has 2 aromatic rings. The summed E-state index contributed by atoms with van der Waals surface area (Å²) >= 11 is 0. The van der Waals surface area contributed by atoms with Crippen LogP contribution in [0.5, 0.6) is 0 Å². The van der Waals surface area contributed by atoms with Crippen LogP contribution in [-0.2, 0) is 13.1 Å². The zero-order valence-corrected chi connectivity index (χ0v) is 12.3. The van der Waals surface area contributed by atoms with E-state index in [1.807, 2.05) is 20.8 Å². The van der Waals surface area contributed by atoms with Gasteiger partial charge in [0.15, 0.2) is 5.82 Å². The van der Waals surface area contributed by atoms with Gasteiger partial charge in [0.25, 0.3) is 0 Å². The van der Waals surface area contributed by atoms with E-state index in [1.54, 1.807) is 11.6 Å². The molecule has 0 unspecified atom stereocenters. The summed E-state index contributed by atoms with van der Waals surface area (Å²) in [4.78, 5) is 1.50. The minimum absolute atomic E-state index is 0.0774. The Kier molecular flexibility index (Phi) is 6.12. The van der Waals surface area contributed by atoms with Crippen molar-refractivity contribution in [2.75, 3.05) is 0 Å². The van der Waals surface area contributed by atoms with E-state index >= 15 is 0 Å². The SMILES string of the molecule is Cc1nnn(C[C@@H](C)N)n1.Cc1nnnn1C[C@@H](C)N. The fourth-order valence-corrected chi connectivity index (χ4v) is 1.35. The lowest BCUT2D eigenvalue weighted by Gasteiger charge is -2.03. The molecule has 2 atom stereocenters. The topological polar surface area (TPSA) is 139 Å². The second-order valence-corrected chi connectivity index (χ2v) is 4.75. The van der Waals surface area contributed by atoms with Crippen LogP contribution in [-0.4, -0.2) is 52.5 Å². The van der Waals surface area contributed by atoms with Crippen LogP contribution in [0.25, 0.3) is 0 Å². The van der Waals surface area contributed by atoms with Crippen molar-refractivity contribution in [3.8, 4) is 0 Å². The second kappa shape index (κ2) is 7.60. The molecule has 0 aliphatic heterocycles. The predicted octanol–water partition coefficient (Wildman–Crippen LogP) is -1.34. The van der Waals surface area contributed by atoms with Gasteiger partial charge in [-0.2, -0.15) is 4.80 Å². The average molecular weight is 282 g/mol. The maximum Gasteiger partial charge on any atom is 0.171 e. The molecule has 10 nitrogen and oxygen atoms in total. The van der Waals surface area contributed by atoms with Gasteiger partial charge in [0, 0.05) is 12.1 Å². The predicted molar refractivity (Wildman–Crippen MR) is 72.4 cm³/mol. The van der Waals surface area contributed by atoms with Crippen LogP contribution in [0.15, 0.2) is 0 Å². The van der Waals surface area contributed by atoms with Crippen molar-refractivity contribution >= 4 is 0 Å². The van der Waals surface area contributed by atoms with E-state index in [9.17, 15) is 0 Å². The monoisotopic (exact) mass is 282 g/mol. The van der Waals surface area contributed by atoms with E-state index in [0.29, 0.717) is 18.9 Å². The Hall–Kier alpha value is -1.94. The summed E-state index contributed by atoms with van der Waals surface area (Å²) in [6.07, 6.45) is 0. The van der Waals surface area contributed by atoms with Crippen molar-refractivity contribution in [3.63, 3.8) is 0 Å². The van der Waals surface area contributed by atoms with Crippen LogP contribution in [0.2, 0.25) is 0 Å². The molecule has 0 amide bonds. The average Bonchev–Trinajstić information content (AvgIpc) is 2.89. The van der Waals surface area contributed by atoms with Crippen molar-refractivity contribution in [1.82, 2.24) is 40.4 Å². The molecule has 2 heterocycles. The Morgan fingerprint density at radius 2 is 1.65 bits per heavy atom. The van der Waals surface area contributed by atoms with Gasteiger partial charge in [-0.05, 0) is 43.3 Å². The largest absolute Gasteiger partial charge is 0.326 e. The molecular formula is C10H22N10. The first-order valence-corrected chi connectivity index (χ1v) is 6.36. The van der Waals surface area contributed by atoms with Crippen molar-refractivity contribution in [2.24, 2.45) is 11.5 Å². The van der Waals surface area contributed by atoms with Gasteiger partial charge in [-0.25, -0.2) is 4.68 Å². The normalized spacial score (nSPS) is 13.5. The zero-order valence-electron chi connectivity index (χ0n) is 12.3. The lowest BCUT2D eigenvalue weighted by atomic mass is 10.4. The van der Waals surface area contributed by atoms with Gasteiger partial charge < -0.3 is 11.5 Å². The summed E-state index contributed by atoms with van der Waals surface area (Å²) in [5.41, 5.74) is 11.0. The lowest BCUT2D eigenvalue weighted by molar-refractivity contribution is 0.471. The maximum atomic E-state index is 5.54. The van der Waals surface area contributed by atoms with Crippen LogP contribution in [0, 0.1) is 13.8 Å². The quantitative estimate of drug-likeness (QED) is 0.702. The molecule has 10 heteroatoms. The lowest BCUT2D eigenvalue weighted by Crippen LogP contribution is -2.23. The Morgan fingerprint density at radius 1 is 1.00 bits per heavy atom. The highest BCUT2D eigenvalue weighted by Gasteiger charge is 2.01. The van der Waals surface area contributed by atoms with Gasteiger partial charge >= 0.3 is 0 Å². The summed E-state index contributed by atoms with van der Waals surface area (Å²) in [6.45, 7) is 8.77. The van der Waals surface area contributed by atoms with E-state index in [1.165, 1.54) is 4.80 Å². The van der Waals surface area contributed by atoms with Crippen LogP contribution in [0.4, 0.5) is 0 Å². The first-order chi connectivity index (χ1) is 9.38. The minimum atomic E-state index is 0.0774. The molecule has 0 aromatic carbocycles. The van der Waals surface area contributed by atoms with E-state index < -0.39 is 0 Å². The fourth-order valence-electron chi connectivity index (χ4n) is 1.35. The van der Waals surface area contributed by atoms with Gasteiger partial charge in [0.2, 0.25) is 0 Å². The molecule has 0 bridgehead atoms. The number of hydrogen-bond acceptors (Lipinski definition) is 8. The van der Waals surface area contributed by atoms with Crippen molar-refractivity contribution in [1.29, 1.82) is 0 Å². The number of tetrazole rings is 2. The van der Waals surface area contributed by atoms with Crippen molar-refractivity contribution < 1.29 is 0 Å². The molecule has 0 aliphatic carbocycles. The molecule has 0 radical (unpaired) electrons. The summed E-state index contributed by atoms with van der Waals surface area (Å²) in [5, 5.41) is 22.3. The molecule has 0 fully saturated rings. The van der Waals surface area contributed by atoms with Gasteiger partial charge in [0.05, 0.1) is 13.1 Å². The third-order valence-electron chi connectivity index (χ3n) is 2.18. The molecule has 2 rings (SSSR count). The van der Waals surface area contributed by atoms with Crippen LogP contribution < -0.4 is 11.5 Å². The molecule has 0 spiro atoms. The number of nitrogens with two attached hydrogens (primary N) is 2. The first-order valence-electron chi connectivity index (χ1n) is 6.36. The van der Waals surface area contributed by atoms with Crippen LogP contribution in [0.3, 0.4) is 0 Å². The fraction of sp³-hybridized carbons (Fsp3) is 0.800. The smallest absolute Gasteiger partial charge is 0.171 e. The second-order valence-electron chi connectivity index (χ2n) is 4.75. The number of aryl methyl sites for hydroxylation is 2. The Balaban J connectivity index is 0.000000200. The zero-order chi connectivity index (χ0) is 15.1. The molecule has 0 aliphatic rings. The molecule has 0 saturated heterocycles. The summed E-state index contributed by atoms with van der Waals surface area (Å²) in [5.74, 6) is 1.48. The van der Waals surface area contributed by atoms with E-state index in [0.717, 1.165) is 5.82 Å². The van der Waals surface area contributed by atoms with E-state index in [-0.39, 0.29) is 12.1 Å². The highest BCUT2D eigenvalue weighted by Crippen LogP contribution is 1.89. The number of rotatable bonds is 4. The van der Waals surface area contributed by atoms with Crippen LogP contribution >= 0.6 is 0 Å². The molecule has 4 N–H and O–H groups in total. The van der Waals surface area contributed by atoms with Gasteiger partial charge in [0.1, 0.15) is 5.82 Å². The minimum Gasteiger partial charge on any atom is -0.326 e. The molecular weight excluding hydrogens is 260 g/mol. The number of aromatic nitrogens is 8. The Morgan fingerprint density at radius 3 is 2.05 bits per heavy atom. The highest BCUT2D eigenvalue weighted by atomic mass is 15.6. The number of nitrogens with zero attached hydrogens (tertiary/aromatic N) is 8. The third-order valence-corrected chi connectivity index (χ3v) is 2.18. The van der Waals surface area contributed by atoms with Crippen molar-refractivity contribution in [3.05, 3.63) is 11.6 Å². The van der Waals surface area contributed by atoms with Gasteiger partial charge in [-0.3, -0.25) is 0 Å². The molecule has 2 aromatic heterocycles. The molecule has 20 heavy (non-hydrogen) atoms. The standard InChI is InChI=1S/2C5H11N5/c1-4(6)3-10-5(2)7-8-9-10;1-4(6)3-10-8-5(2)7-9-10/h2*4H,3,6H2,1-2H3/t2*4-/m11/s1. The maximum absolute atomic E-state index is 5.54. The van der Waals surface area contributed by atoms with Gasteiger partial charge in [-0.1, -0.05) is 0 Å². The summed E-state index contributed by atoms with van der Waals surface area (Å²) < 4.78 is 1.69.